The number of halogens is 1. The number of para-hydroxylation sites is 1. The van der Waals surface area contributed by atoms with E-state index in [1.54, 1.807) is 47.0 Å². The van der Waals surface area contributed by atoms with Gasteiger partial charge in [-0.25, -0.2) is 23.9 Å². The van der Waals surface area contributed by atoms with E-state index in [-0.39, 0.29) is 43.6 Å². The van der Waals surface area contributed by atoms with Crippen LogP contribution in [0.5, 0.6) is 5.75 Å². The lowest BCUT2D eigenvalue weighted by molar-refractivity contribution is -0.146. The second-order valence-corrected chi connectivity index (χ2v) is 12.1. The van der Waals surface area contributed by atoms with Crippen LogP contribution >= 0.6 is 7.75 Å². The first kappa shape index (κ1) is 33.4. The summed E-state index contributed by atoms with van der Waals surface area (Å²) in [5.41, 5.74) is 8.25. The molecule has 1 amide bonds. The van der Waals surface area contributed by atoms with E-state index in [2.05, 4.69) is 25.4 Å². The molecule has 0 aliphatic carbocycles. The Bertz CT molecular complexity index is 1840. The Morgan fingerprint density at radius 3 is 2.38 bits per heavy atom. The number of nitrogens with two attached hydrogens (primary N) is 1. The largest absolute Gasteiger partial charge is 0.460 e. The zero-order chi connectivity index (χ0) is 33.2. The average Bonchev–Trinajstić information content (AvgIpc) is 3.49. The molecule has 3 aromatic carbocycles. The molecular formula is C32H33FN7O6P. The molecule has 0 bridgehead atoms. The summed E-state index contributed by atoms with van der Waals surface area (Å²) in [4.78, 5) is 38.3. The fourth-order valence-corrected chi connectivity index (χ4v) is 5.91. The van der Waals surface area contributed by atoms with Crippen molar-refractivity contribution in [1.82, 2.24) is 24.6 Å². The van der Waals surface area contributed by atoms with Crippen LogP contribution in [0.15, 0.2) is 97.6 Å². The van der Waals surface area contributed by atoms with Crippen LogP contribution in [0.2, 0.25) is 0 Å². The molecule has 2 aromatic heterocycles. The molecule has 0 radical (unpaired) electrons. The third kappa shape index (κ3) is 9.27. The number of rotatable bonds is 15. The lowest BCUT2D eigenvalue weighted by atomic mass is 10.1. The lowest BCUT2D eigenvalue weighted by Gasteiger charge is -2.23. The molecule has 0 aliphatic heterocycles. The summed E-state index contributed by atoms with van der Waals surface area (Å²) in [7, 11) is -4.11. The van der Waals surface area contributed by atoms with Gasteiger partial charge in [-0.1, -0.05) is 60.7 Å². The molecule has 5 rings (SSSR count). The minimum atomic E-state index is -4.11. The number of aromatic nitrogens is 4. The van der Waals surface area contributed by atoms with E-state index in [0.717, 1.165) is 5.56 Å². The van der Waals surface area contributed by atoms with Crippen molar-refractivity contribution < 1.29 is 32.3 Å². The Balaban J connectivity index is 1.22. The van der Waals surface area contributed by atoms with E-state index in [9.17, 15) is 18.5 Å². The lowest BCUT2D eigenvalue weighted by Crippen LogP contribution is -2.37. The van der Waals surface area contributed by atoms with Gasteiger partial charge in [0.2, 0.25) is 5.91 Å². The van der Waals surface area contributed by atoms with E-state index >= 15 is 0 Å². The highest BCUT2D eigenvalue weighted by molar-refractivity contribution is 7.52. The van der Waals surface area contributed by atoms with Crippen molar-refractivity contribution in [3.8, 4) is 5.75 Å². The van der Waals surface area contributed by atoms with Gasteiger partial charge in [0.15, 0.2) is 17.0 Å². The number of anilines is 1. The van der Waals surface area contributed by atoms with Gasteiger partial charge in [-0.05, 0) is 48.7 Å². The zero-order valence-corrected chi connectivity index (χ0v) is 26.3. The summed E-state index contributed by atoms with van der Waals surface area (Å²) in [6, 6.07) is 21.4. The van der Waals surface area contributed by atoms with Crippen molar-refractivity contribution in [3.63, 3.8) is 0 Å². The number of hydrogen-bond donors (Lipinski definition) is 3. The summed E-state index contributed by atoms with van der Waals surface area (Å²) in [5, 5.41) is 5.34. The number of amides is 1. The minimum Gasteiger partial charge on any atom is -0.460 e. The number of imidazole rings is 1. The first-order chi connectivity index (χ1) is 22.7. The van der Waals surface area contributed by atoms with Gasteiger partial charge in [-0.2, -0.15) is 5.09 Å². The van der Waals surface area contributed by atoms with Crippen molar-refractivity contribution >= 4 is 36.6 Å². The smallest absolute Gasteiger partial charge is 0.459 e. The van der Waals surface area contributed by atoms with Crippen LogP contribution in [0.3, 0.4) is 0 Å². The van der Waals surface area contributed by atoms with Crippen molar-refractivity contribution in [3.05, 3.63) is 115 Å². The fraction of sp³-hybridized carbons (Fsp3) is 0.219. The zero-order valence-electron chi connectivity index (χ0n) is 25.4. The molecule has 0 saturated carbocycles. The maximum Gasteiger partial charge on any atom is 0.459 e. The van der Waals surface area contributed by atoms with Gasteiger partial charge in [-0.3, -0.25) is 14.1 Å². The maximum absolute atomic E-state index is 13.9. The van der Waals surface area contributed by atoms with Crippen molar-refractivity contribution in [2.75, 3.05) is 11.9 Å². The summed E-state index contributed by atoms with van der Waals surface area (Å²) in [6.07, 6.45) is 2.92. The summed E-state index contributed by atoms with van der Waals surface area (Å²) < 4.78 is 45.5. The molecule has 2 heterocycles. The Morgan fingerprint density at radius 1 is 0.957 bits per heavy atom. The van der Waals surface area contributed by atoms with E-state index in [1.807, 2.05) is 30.3 Å². The maximum atomic E-state index is 13.9. The van der Waals surface area contributed by atoms with Crippen molar-refractivity contribution in [2.45, 2.75) is 38.6 Å². The molecule has 0 aliphatic rings. The number of ether oxygens (including phenoxy) is 1. The quantitative estimate of drug-likeness (QED) is 0.107. The number of hydrogen-bond acceptors (Lipinski definition) is 10. The predicted octanol–water partition coefficient (Wildman–Crippen LogP) is 4.40. The van der Waals surface area contributed by atoms with Crippen LogP contribution in [-0.4, -0.2) is 50.1 Å². The summed E-state index contributed by atoms with van der Waals surface area (Å²) >= 11 is 0. The Labute approximate surface area is 269 Å². The van der Waals surface area contributed by atoms with E-state index < -0.39 is 31.7 Å². The highest BCUT2D eigenvalue weighted by Crippen LogP contribution is 2.45. The first-order valence-electron chi connectivity index (χ1n) is 14.6. The van der Waals surface area contributed by atoms with E-state index in [0.29, 0.717) is 16.7 Å². The summed E-state index contributed by atoms with van der Waals surface area (Å²) in [6.45, 7) is 1.54. The third-order valence-corrected chi connectivity index (χ3v) is 8.52. The van der Waals surface area contributed by atoms with Gasteiger partial charge in [0, 0.05) is 6.54 Å². The van der Waals surface area contributed by atoms with Gasteiger partial charge in [-0.15, -0.1) is 0 Å². The van der Waals surface area contributed by atoms with Crippen molar-refractivity contribution in [1.29, 1.82) is 0 Å². The van der Waals surface area contributed by atoms with Crippen LogP contribution in [0, 0.1) is 5.82 Å². The SMILES string of the molecule is CC(NP(=O)(OCCn1cnc2c(NC(=O)C(N)Cc3ccc(F)cc3)ncnc21)Oc1ccccc1)C(=O)OCc1ccccc1. The predicted molar refractivity (Wildman–Crippen MR) is 171 cm³/mol. The molecule has 47 heavy (non-hydrogen) atoms. The Morgan fingerprint density at radius 2 is 1.66 bits per heavy atom. The number of nitrogens with zero attached hydrogens (tertiary/aromatic N) is 4. The molecule has 0 saturated heterocycles. The molecule has 3 unspecified atom stereocenters. The topological polar surface area (TPSA) is 173 Å². The number of nitrogens with one attached hydrogen (secondary N) is 2. The second-order valence-electron chi connectivity index (χ2n) is 10.4. The number of fused-ring (bicyclic) bond motifs is 1. The van der Waals surface area contributed by atoms with Crippen LogP contribution in [0.25, 0.3) is 11.2 Å². The fourth-order valence-electron chi connectivity index (χ4n) is 4.43. The monoisotopic (exact) mass is 661 g/mol. The number of carbonyl (C=O) groups excluding carboxylic acids is 2. The van der Waals surface area contributed by atoms with Gasteiger partial charge < -0.3 is 24.9 Å². The highest BCUT2D eigenvalue weighted by atomic mass is 31.2. The van der Waals surface area contributed by atoms with Crippen LogP contribution in [0.4, 0.5) is 10.2 Å². The van der Waals surface area contributed by atoms with Crippen molar-refractivity contribution in [2.24, 2.45) is 5.73 Å². The Hall–Kier alpha value is -5.01. The number of esters is 1. The van der Waals surface area contributed by atoms with E-state index in [4.69, 9.17) is 19.5 Å². The van der Waals surface area contributed by atoms with Gasteiger partial charge >= 0.3 is 13.7 Å². The molecule has 3 atom stereocenters. The molecule has 244 valence electrons. The third-order valence-electron chi connectivity index (χ3n) is 6.84. The Kier molecular flexibility index (Phi) is 11.0. The molecule has 0 fully saturated rings. The standard InChI is InChI=1S/C32H33FN7O6P/c1-22(32(42)44-19-24-8-4-2-5-9-24)39-47(43,46-26-10-6-3-7-11-26)45-17-16-40-21-37-28-29(35-20-36-30(28)40)38-31(41)27(34)18-23-12-14-25(33)15-13-23/h2-15,20-22,27H,16-19,34H2,1H3,(H,39,43)(H,35,36,38,41). The van der Waals surface area contributed by atoms with Crippen LogP contribution in [0.1, 0.15) is 18.1 Å². The molecule has 4 N–H and O–H groups in total. The van der Waals surface area contributed by atoms with E-state index in [1.165, 1.54) is 31.7 Å². The van der Waals surface area contributed by atoms with Crippen LogP contribution in [-0.2, 0) is 43.0 Å². The van der Waals surface area contributed by atoms with Crippen LogP contribution < -0.4 is 20.7 Å². The molecule has 15 heteroatoms. The van der Waals surface area contributed by atoms with Gasteiger partial charge in [0.25, 0.3) is 0 Å². The second kappa shape index (κ2) is 15.5. The molecular weight excluding hydrogens is 628 g/mol. The normalized spacial score (nSPS) is 13.8. The first-order valence-corrected chi connectivity index (χ1v) is 16.2. The average molecular weight is 662 g/mol. The molecule has 0 spiro atoms. The van der Waals surface area contributed by atoms with Gasteiger partial charge in [0.05, 0.1) is 19.0 Å². The number of carbonyl (C=O) groups is 2. The summed E-state index contributed by atoms with van der Waals surface area (Å²) in [5.74, 6) is -1.11. The molecule has 5 aromatic rings. The molecule has 13 nitrogen and oxygen atoms in total. The highest BCUT2D eigenvalue weighted by Gasteiger charge is 2.32. The minimum absolute atomic E-state index is 0.0502. The number of benzene rings is 3. The van der Waals surface area contributed by atoms with Gasteiger partial charge in [0.1, 0.15) is 30.5 Å².